The lowest BCUT2D eigenvalue weighted by molar-refractivity contribution is 0.358. The van der Waals surface area contributed by atoms with E-state index < -0.39 is 0 Å². The van der Waals surface area contributed by atoms with E-state index in [9.17, 15) is 0 Å². The summed E-state index contributed by atoms with van der Waals surface area (Å²) >= 11 is 0. The molecule has 0 radical (unpaired) electrons. The van der Waals surface area contributed by atoms with Crippen LogP contribution in [0.15, 0.2) is 18.2 Å². The highest BCUT2D eigenvalue weighted by atomic mass is 14.9. The van der Waals surface area contributed by atoms with Crippen molar-refractivity contribution in [3.63, 3.8) is 0 Å². The van der Waals surface area contributed by atoms with E-state index in [-0.39, 0.29) is 0 Å². The Labute approximate surface area is 103 Å². The van der Waals surface area contributed by atoms with Crippen LogP contribution < -0.4 is 11.1 Å². The Bertz CT molecular complexity index is 434. The predicted molar refractivity (Wildman–Crippen MR) is 70.6 cm³/mol. The Hall–Kier alpha value is -1.69. The lowest BCUT2D eigenvalue weighted by atomic mass is 9.87. The number of hydrogen-bond donors (Lipinski definition) is 2. The molecule has 1 saturated carbocycles. The summed E-state index contributed by atoms with van der Waals surface area (Å²) in [4.78, 5) is 0. The van der Waals surface area contributed by atoms with Gasteiger partial charge in [-0.3, -0.25) is 0 Å². The van der Waals surface area contributed by atoms with Crippen molar-refractivity contribution in [2.45, 2.75) is 38.6 Å². The molecular weight excluding hydrogens is 210 g/mol. The first-order valence-electron chi connectivity index (χ1n) is 6.25. The number of anilines is 2. The zero-order valence-electron chi connectivity index (χ0n) is 10.2. The number of hydrogen-bond acceptors (Lipinski definition) is 3. The van der Waals surface area contributed by atoms with Gasteiger partial charge in [0.2, 0.25) is 0 Å². The SMILES string of the molecule is CC1CCCC(Nc2ccc(N)cc2C#N)C1. The van der Waals surface area contributed by atoms with Crippen LogP contribution in [0.5, 0.6) is 0 Å². The first-order chi connectivity index (χ1) is 8.19. The third kappa shape index (κ3) is 2.91. The molecule has 1 aromatic rings. The molecule has 2 atom stereocenters. The van der Waals surface area contributed by atoms with Crippen LogP contribution >= 0.6 is 0 Å². The molecule has 3 N–H and O–H groups in total. The Kier molecular flexibility index (Phi) is 3.53. The van der Waals surface area contributed by atoms with Crippen LogP contribution in [0, 0.1) is 17.2 Å². The van der Waals surface area contributed by atoms with Gasteiger partial charge >= 0.3 is 0 Å². The summed E-state index contributed by atoms with van der Waals surface area (Å²) in [6.07, 6.45) is 4.98. The molecule has 3 heteroatoms. The molecule has 1 fully saturated rings. The van der Waals surface area contributed by atoms with Crippen LogP contribution in [-0.2, 0) is 0 Å². The maximum atomic E-state index is 9.08. The first kappa shape index (κ1) is 11.8. The van der Waals surface area contributed by atoms with Gasteiger partial charge in [0.25, 0.3) is 0 Å². The van der Waals surface area contributed by atoms with Crippen LogP contribution in [0.2, 0.25) is 0 Å². The monoisotopic (exact) mass is 229 g/mol. The van der Waals surface area contributed by atoms with Gasteiger partial charge in [-0.25, -0.2) is 0 Å². The molecule has 1 aliphatic carbocycles. The summed E-state index contributed by atoms with van der Waals surface area (Å²) in [5.41, 5.74) is 7.88. The van der Waals surface area contributed by atoms with Crippen LogP contribution in [0.25, 0.3) is 0 Å². The van der Waals surface area contributed by atoms with E-state index >= 15 is 0 Å². The highest BCUT2D eigenvalue weighted by molar-refractivity contribution is 5.63. The van der Waals surface area contributed by atoms with Crippen molar-refractivity contribution in [1.29, 1.82) is 5.26 Å². The molecule has 0 aromatic heterocycles. The molecule has 17 heavy (non-hydrogen) atoms. The maximum Gasteiger partial charge on any atom is 0.101 e. The number of nitrogen functional groups attached to an aromatic ring is 1. The van der Waals surface area contributed by atoms with Crippen molar-refractivity contribution in [3.8, 4) is 6.07 Å². The molecule has 1 aliphatic rings. The highest BCUT2D eigenvalue weighted by Gasteiger charge is 2.19. The van der Waals surface area contributed by atoms with Crippen LogP contribution in [0.4, 0.5) is 11.4 Å². The van der Waals surface area contributed by atoms with E-state index in [0.717, 1.165) is 11.6 Å². The van der Waals surface area contributed by atoms with Gasteiger partial charge in [0, 0.05) is 11.7 Å². The highest BCUT2D eigenvalue weighted by Crippen LogP contribution is 2.27. The second-order valence-corrected chi connectivity index (χ2v) is 5.03. The molecular formula is C14H19N3. The summed E-state index contributed by atoms with van der Waals surface area (Å²) < 4.78 is 0. The number of nitriles is 1. The van der Waals surface area contributed by atoms with Crippen molar-refractivity contribution >= 4 is 11.4 Å². The van der Waals surface area contributed by atoms with E-state index in [1.54, 1.807) is 6.07 Å². The van der Waals surface area contributed by atoms with Crippen molar-refractivity contribution in [2.24, 2.45) is 5.92 Å². The summed E-state index contributed by atoms with van der Waals surface area (Å²) in [6.45, 7) is 2.29. The Morgan fingerprint density at radius 2 is 2.24 bits per heavy atom. The van der Waals surface area contributed by atoms with E-state index in [1.165, 1.54) is 25.7 Å². The van der Waals surface area contributed by atoms with Gasteiger partial charge in [0.05, 0.1) is 11.3 Å². The minimum atomic E-state index is 0.495. The van der Waals surface area contributed by atoms with Gasteiger partial charge in [-0.15, -0.1) is 0 Å². The minimum Gasteiger partial charge on any atom is -0.399 e. The number of nitrogens with one attached hydrogen (secondary N) is 1. The maximum absolute atomic E-state index is 9.08. The molecule has 1 aromatic carbocycles. The van der Waals surface area contributed by atoms with Gasteiger partial charge in [-0.05, 0) is 37.0 Å². The fourth-order valence-electron chi connectivity index (χ4n) is 2.57. The molecule has 90 valence electrons. The normalized spacial score (nSPS) is 24.0. The van der Waals surface area contributed by atoms with Crippen molar-refractivity contribution < 1.29 is 0 Å². The summed E-state index contributed by atoms with van der Waals surface area (Å²) in [5, 5.41) is 12.6. The summed E-state index contributed by atoms with van der Waals surface area (Å²) in [7, 11) is 0. The standard InChI is InChI=1S/C14H19N3/c1-10-3-2-4-13(7-10)17-14-6-5-12(16)8-11(14)9-15/h5-6,8,10,13,17H,2-4,7,16H2,1H3. The molecule has 0 saturated heterocycles. The number of benzene rings is 1. The lowest BCUT2D eigenvalue weighted by Gasteiger charge is -2.28. The zero-order chi connectivity index (χ0) is 12.3. The van der Waals surface area contributed by atoms with Crippen molar-refractivity contribution in [1.82, 2.24) is 0 Å². The molecule has 0 bridgehead atoms. The topological polar surface area (TPSA) is 61.8 Å². The average molecular weight is 229 g/mol. The second-order valence-electron chi connectivity index (χ2n) is 5.03. The number of nitrogens with two attached hydrogens (primary N) is 1. The third-order valence-corrected chi connectivity index (χ3v) is 3.46. The summed E-state index contributed by atoms with van der Waals surface area (Å²) in [5.74, 6) is 0.778. The molecule has 0 amide bonds. The fraction of sp³-hybridized carbons (Fsp3) is 0.500. The van der Waals surface area contributed by atoms with Gasteiger partial charge in [0.1, 0.15) is 6.07 Å². The van der Waals surface area contributed by atoms with Gasteiger partial charge < -0.3 is 11.1 Å². The summed E-state index contributed by atoms with van der Waals surface area (Å²) in [6, 6.07) is 8.17. The van der Waals surface area contributed by atoms with Crippen LogP contribution in [-0.4, -0.2) is 6.04 Å². The number of rotatable bonds is 2. The smallest absolute Gasteiger partial charge is 0.101 e. The van der Waals surface area contributed by atoms with Gasteiger partial charge in [-0.2, -0.15) is 5.26 Å². The molecule has 0 aliphatic heterocycles. The molecule has 0 heterocycles. The Morgan fingerprint density at radius 3 is 2.94 bits per heavy atom. The fourth-order valence-corrected chi connectivity index (χ4v) is 2.57. The largest absolute Gasteiger partial charge is 0.399 e. The Balaban J connectivity index is 2.10. The first-order valence-corrected chi connectivity index (χ1v) is 6.25. The Morgan fingerprint density at radius 1 is 1.41 bits per heavy atom. The third-order valence-electron chi connectivity index (χ3n) is 3.46. The van der Waals surface area contributed by atoms with E-state index in [0.29, 0.717) is 17.3 Å². The zero-order valence-corrected chi connectivity index (χ0v) is 10.2. The van der Waals surface area contributed by atoms with Crippen molar-refractivity contribution in [2.75, 3.05) is 11.1 Å². The van der Waals surface area contributed by atoms with Gasteiger partial charge in [-0.1, -0.05) is 19.8 Å². The quantitative estimate of drug-likeness (QED) is 0.766. The predicted octanol–water partition coefficient (Wildman–Crippen LogP) is 3.13. The van der Waals surface area contributed by atoms with Crippen LogP contribution in [0.1, 0.15) is 38.2 Å². The van der Waals surface area contributed by atoms with E-state index in [4.69, 9.17) is 11.0 Å². The molecule has 2 rings (SSSR count). The van der Waals surface area contributed by atoms with Crippen molar-refractivity contribution in [3.05, 3.63) is 23.8 Å². The van der Waals surface area contributed by atoms with E-state index in [2.05, 4.69) is 18.3 Å². The van der Waals surface area contributed by atoms with Gasteiger partial charge in [0.15, 0.2) is 0 Å². The van der Waals surface area contributed by atoms with Crippen LogP contribution in [0.3, 0.4) is 0 Å². The van der Waals surface area contributed by atoms with E-state index in [1.807, 2.05) is 12.1 Å². The second kappa shape index (κ2) is 5.09. The molecule has 2 unspecified atom stereocenters. The lowest BCUT2D eigenvalue weighted by Crippen LogP contribution is -2.26. The molecule has 3 nitrogen and oxygen atoms in total. The number of nitrogens with zero attached hydrogens (tertiary/aromatic N) is 1. The minimum absolute atomic E-state index is 0.495. The average Bonchev–Trinajstić information content (AvgIpc) is 2.31. The molecule has 0 spiro atoms.